The van der Waals surface area contributed by atoms with Gasteiger partial charge in [-0.3, -0.25) is 9.59 Å². The summed E-state index contributed by atoms with van der Waals surface area (Å²) < 4.78 is 5.79. The average Bonchev–Trinajstić information content (AvgIpc) is 3.67. The predicted octanol–water partition coefficient (Wildman–Crippen LogP) is 1.65. The molecular formula is C23H32N8O3. The molecule has 0 spiro atoms. The Labute approximate surface area is 198 Å². The Morgan fingerprint density at radius 3 is 2.53 bits per heavy atom. The fourth-order valence-corrected chi connectivity index (χ4v) is 3.81. The molecule has 5 N–H and O–H groups in total. The maximum Gasteiger partial charge on any atom is 0.321 e. The van der Waals surface area contributed by atoms with Crippen LogP contribution < -0.4 is 26.4 Å². The van der Waals surface area contributed by atoms with Crippen LogP contribution >= 0.6 is 0 Å². The Hall–Kier alpha value is -3.50. The number of carbonyl (C=O) groups excluding carboxylic acids is 2. The van der Waals surface area contributed by atoms with Crippen LogP contribution in [0.2, 0.25) is 0 Å². The third kappa shape index (κ3) is 5.70. The van der Waals surface area contributed by atoms with Crippen molar-refractivity contribution < 1.29 is 14.3 Å². The van der Waals surface area contributed by atoms with Crippen LogP contribution in [0.15, 0.2) is 12.1 Å². The summed E-state index contributed by atoms with van der Waals surface area (Å²) in [5.74, 6) is 0.195. The predicted molar refractivity (Wildman–Crippen MR) is 127 cm³/mol. The van der Waals surface area contributed by atoms with Gasteiger partial charge in [0.2, 0.25) is 11.8 Å². The number of rotatable bonds is 9. The van der Waals surface area contributed by atoms with Crippen LogP contribution in [0.3, 0.4) is 0 Å². The number of aromatic nitrogens is 4. The highest BCUT2D eigenvalue weighted by Crippen LogP contribution is 2.31. The third-order valence-corrected chi connectivity index (χ3v) is 6.32. The van der Waals surface area contributed by atoms with Crippen molar-refractivity contribution in [1.29, 1.82) is 0 Å². The monoisotopic (exact) mass is 468 g/mol. The van der Waals surface area contributed by atoms with E-state index in [-0.39, 0.29) is 41.1 Å². The lowest BCUT2D eigenvalue weighted by molar-refractivity contribution is 0.0925. The van der Waals surface area contributed by atoms with Gasteiger partial charge in [0.15, 0.2) is 5.69 Å². The molecule has 2 fully saturated rings. The molecule has 34 heavy (non-hydrogen) atoms. The van der Waals surface area contributed by atoms with E-state index in [1.807, 2.05) is 24.8 Å². The van der Waals surface area contributed by atoms with Crippen molar-refractivity contribution in [2.45, 2.75) is 57.9 Å². The number of hydrogen-bond donors (Lipinski definition) is 3. The van der Waals surface area contributed by atoms with E-state index in [4.69, 9.17) is 16.2 Å². The molecule has 0 aromatic carbocycles. The van der Waals surface area contributed by atoms with E-state index in [0.717, 1.165) is 37.8 Å². The standard InChI is InChI=1S/C23H32N8O3/c1-3-13(2)26-21(33)20-28-22(30-23(29-20)34-12-14-4-5-14)31-10-8-15(9-11-31)17-7-6-16(24)18(27-17)19(25)32/h6-7,13-15H,3-5,8-12,24H2,1-2H3,(H2,25,32)(H,26,33)/t13-/m1/s1. The van der Waals surface area contributed by atoms with Gasteiger partial charge < -0.3 is 26.4 Å². The van der Waals surface area contributed by atoms with Gasteiger partial charge in [-0.1, -0.05) is 6.92 Å². The van der Waals surface area contributed by atoms with Crippen molar-refractivity contribution in [2.24, 2.45) is 11.7 Å². The molecule has 1 aliphatic heterocycles. The zero-order valence-corrected chi connectivity index (χ0v) is 19.7. The smallest absolute Gasteiger partial charge is 0.321 e. The zero-order chi connectivity index (χ0) is 24.2. The number of piperidine rings is 1. The van der Waals surface area contributed by atoms with Crippen molar-refractivity contribution in [3.8, 4) is 6.01 Å². The lowest BCUT2D eigenvalue weighted by Gasteiger charge is -2.32. The highest BCUT2D eigenvalue weighted by atomic mass is 16.5. The number of amides is 2. The summed E-state index contributed by atoms with van der Waals surface area (Å²) in [6.07, 6.45) is 4.63. The maximum absolute atomic E-state index is 12.7. The first-order valence-corrected chi connectivity index (χ1v) is 11.8. The number of ether oxygens (including phenoxy) is 1. The molecule has 2 aromatic rings. The van der Waals surface area contributed by atoms with Crippen LogP contribution in [0, 0.1) is 5.92 Å². The Morgan fingerprint density at radius 2 is 1.88 bits per heavy atom. The van der Waals surface area contributed by atoms with E-state index in [1.165, 1.54) is 0 Å². The van der Waals surface area contributed by atoms with E-state index in [9.17, 15) is 9.59 Å². The summed E-state index contributed by atoms with van der Waals surface area (Å²) in [5.41, 5.74) is 12.4. The molecule has 3 heterocycles. The van der Waals surface area contributed by atoms with Gasteiger partial charge in [0.05, 0.1) is 12.3 Å². The summed E-state index contributed by atoms with van der Waals surface area (Å²) in [6.45, 7) is 5.79. The Kier molecular flexibility index (Phi) is 7.09. The van der Waals surface area contributed by atoms with E-state index in [0.29, 0.717) is 31.6 Å². The molecule has 2 aliphatic rings. The fraction of sp³-hybridized carbons (Fsp3) is 0.565. The number of carbonyl (C=O) groups is 2. The van der Waals surface area contributed by atoms with Crippen LogP contribution in [0.5, 0.6) is 6.01 Å². The molecule has 1 saturated heterocycles. The number of nitrogens with two attached hydrogens (primary N) is 2. The van der Waals surface area contributed by atoms with Crippen LogP contribution in [-0.4, -0.2) is 57.5 Å². The fourth-order valence-electron chi connectivity index (χ4n) is 3.81. The normalized spacial score (nSPS) is 17.3. The van der Waals surface area contributed by atoms with Crippen molar-refractivity contribution in [1.82, 2.24) is 25.3 Å². The molecule has 2 amide bonds. The molecule has 0 unspecified atom stereocenters. The summed E-state index contributed by atoms with van der Waals surface area (Å²) in [5, 5.41) is 2.91. The molecule has 0 radical (unpaired) electrons. The van der Waals surface area contributed by atoms with E-state index < -0.39 is 5.91 Å². The van der Waals surface area contributed by atoms with Crippen molar-refractivity contribution >= 4 is 23.5 Å². The zero-order valence-electron chi connectivity index (χ0n) is 19.7. The lowest BCUT2D eigenvalue weighted by atomic mass is 9.93. The van der Waals surface area contributed by atoms with Crippen LogP contribution in [0.25, 0.3) is 0 Å². The minimum absolute atomic E-state index is 0.0111. The molecule has 11 heteroatoms. The lowest BCUT2D eigenvalue weighted by Crippen LogP contribution is -2.37. The van der Waals surface area contributed by atoms with Crippen LogP contribution in [0.4, 0.5) is 11.6 Å². The molecule has 182 valence electrons. The Balaban J connectivity index is 1.49. The van der Waals surface area contributed by atoms with Crippen LogP contribution in [-0.2, 0) is 0 Å². The Morgan fingerprint density at radius 1 is 1.15 bits per heavy atom. The minimum Gasteiger partial charge on any atom is -0.463 e. The SMILES string of the molecule is CC[C@@H](C)NC(=O)c1nc(OCC2CC2)nc(N2CCC(c3ccc(N)c(C(N)=O)n3)CC2)n1. The van der Waals surface area contributed by atoms with Crippen LogP contribution in [0.1, 0.15) is 78.7 Å². The number of primary amides is 1. The van der Waals surface area contributed by atoms with Gasteiger partial charge in [-0.25, -0.2) is 4.98 Å². The molecule has 1 aliphatic carbocycles. The molecule has 1 atom stereocenters. The second-order valence-corrected chi connectivity index (χ2v) is 9.08. The first-order valence-electron chi connectivity index (χ1n) is 11.8. The second-order valence-electron chi connectivity index (χ2n) is 9.08. The number of hydrogen-bond acceptors (Lipinski definition) is 9. The summed E-state index contributed by atoms with van der Waals surface area (Å²) >= 11 is 0. The van der Waals surface area contributed by atoms with E-state index in [1.54, 1.807) is 6.07 Å². The summed E-state index contributed by atoms with van der Waals surface area (Å²) in [6, 6.07) is 3.70. The highest BCUT2D eigenvalue weighted by molar-refractivity contribution is 5.95. The minimum atomic E-state index is -0.635. The second kappa shape index (κ2) is 10.2. The molecular weight excluding hydrogens is 436 g/mol. The first kappa shape index (κ1) is 23.7. The summed E-state index contributed by atoms with van der Waals surface area (Å²) in [7, 11) is 0. The Bertz CT molecular complexity index is 1050. The number of nitrogens with zero attached hydrogens (tertiary/aromatic N) is 5. The van der Waals surface area contributed by atoms with E-state index in [2.05, 4.69) is 25.3 Å². The average molecular weight is 469 g/mol. The number of pyridine rings is 1. The molecule has 11 nitrogen and oxygen atoms in total. The topological polar surface area (TPSA) is 162 Å². The maximum atomic E-state index is 12.7. The van der Waals surface area contributed by atoms with Gasteiger partial charge in [0.25, 0.3) is 11.8 Å². The molecule has 0 bridgehead atoms. The number of nitrogen functional groups attached to an aromatic ring is 1. The number of nitrogens with one attached hydrogen (secondary N) is 1. The number of anilines is 2. The van der Waals surface area contributed by atoms with Gasteiger partial charge in [0.1, 0.15) is 0 Å². The van der Waals surface area contributed by atoms with Gasteiger partial charge >= 0.3 is 6.01 Å². The largest absolute Gasteiger partial charge is 0.463 e. The highest BCUT2D eigenvalue weighted by Gasteiger charge is 2.27. The first-order chi connectivity index (χ1) is 16.3. The van der Waals surface area contributed by atoms with E-state index >= 15 is 0 Å². The van der Waals surface area contributed by atoms with Gasteiger partial charge in [-0.2, -0.15) is 15.0 Å². The third-order valence-electron chi connectivity index (χ3n) is 6.32. The van der Waals surface area contributed by atoms with Gasteiger partial charge in [0, 0.05) is 30.7 Å². The molecule has 1 saturated carbocycles. The van der Waals surface area contributed by atoms with Crippen molar-refractivity contribution in [3.05, 3.63) is 29.3 Å². The van der Waals surface area contributed by atoms with Gasteiger partial charge in [-0.15, -0.1) is 0 Å². The quantitative estimate of drug-likeness (QED) is 0.496. The van der Waals surface area contributed by atoms with Gasteiger partial charge in [-0.05, 0) is 57.1 Å². The van der Waals surface area contributed by atoms with Crippen molar-refractivity contribution in [3.63, 3.8) is 0 Å². The molecule has 4 rings (SSSR count). The summed E-state index contributed by atoms with van der Waals surface area (Å²) in [4.78, 5) is 43.9. The molecule has 2 aromatic heterocycles. The van der Waals surface area contributed by atoms with Crippen molar-refractivity contribution in [2.75, 3.05) is 30.3 Å².